The molecule has 2 aromatic heterocycles. The number of hydrogen-bond acceptors (Lipinski definition) is 2. The molecule has 2 aliphatic rings. The average molecular weight is 1770 g/mol. The van der Waals surface area contributed by atoms with Crippen LogP contribution in [0.1, 0.15) is 292 Å². The van der Waals surface area contributed by atoms with E-state index in [0.717, 1.165) is 145 Å². The summed E-state index contributed by atoms with van der Waals surface area (Å²) >= 11 is 0. The molecule has 5 heteroatoms. The molecule has 0 saturated heterocycles. The van der Waals surface area contributed by atoms with Gasteiger partial charge in [-0.2, -0.15) is 0 Å². The second kappa shape index (κ2) is 33.5. The van der Waals surface area contributed by atoms with Crippen molar-refractivity contribution in [1.29, 1.82) is 0 Å². The minimum atomic E-state index is -1.94. The molecule has 2 aliphatic heterocycles. The van der Waals surface area contributed by atoms with Crippen molar-refractivity contribution >= 4 is 101 Å². The lowest BCUT2D eigenvalue weighted by atomic mass is 9.33. The molecule has 134 heavy (non-hydrogen) atoms. The van der Waals surface area contributed by atoms with Gasteiger partial charge in [0, 0.05) is 69.5 Å². The van der Waals surface area contributed by atoms with Gasteiger partial charge in [-0.3, -0.25) is 0 Å². The predicted molar refractivity (Wildman–Crippen MR) is 588 cm³/mol. The first kappa shape index (κ1) is 92.2. The summed E-state index contributed by atoms with van der Waals surface area (Å²) in [5.74, 6) is 0. The fourth-order valence-electron chi connectivity index (χ4n) is 21.6. The molecule has 0 bridgehead atoms. The third-order valence-electron chi connectivity index (χ3n) is 27.3. The number of aromatic nitrogens is 2. The highest BCUT2D eigenvalue weighted by Gasteiger charge is 2.46. The van der Waals surface area contributed by atoms with E-state index < -0.39 is 18.5 Å². The molecule has 0 N–H and O–H groups in total. The number of benzene rings is 13. The van der Waals surface area contributed by atoms with Crippen molar-refractivity contribution < 1.29 is 2.74 Å². The van der Waals surface area contributed by atoms with Crippen LogP contribution in [0.25, 0.3) is 99.5 Å². The van der Waals surface area contributed by atoms with Gasteiger partial charge >= 0.3 is 0 Å². The molecule has 0 spiro atoms. The maximum Gasteiger partial charge on any atom is 0.252 e. The minimum absolute atomic E-state index is 0.0631. The van der Waals surface area contributed by atoms with Crippen LogP contribution in [0.2, 0.25) is 0 Å². The van der Waals surface area contributed by atoms with Crippen LogP contribution in [0.4, 0.5) is 34.1 Å². The van der Waals surface area contributed by atoms with E-state index >= 15 is 0 Å². The van der Waals surface area contributed by atoms with Gasteiger partial charge in [-0.05, 0) is 325 Å². The summed E-state index contributed by atoms with van der Waals surface area (Å²) in [5.41, 5.74) is 37.4. The van der Waals surface area contributed by atoms with Gasteiger partial charge in [-0.15, -0.1) is 0 Å². The Kier molecular flexibility index (Phi) is 23.1. The van der Waals surface area contributed by atoms with Crippen molar-refractivity contribution in [2.45, 2.75) is 295 Å². The fraction of sp³-hybridized carbons (Fsp3) is 0.395. The largest absolute Gasteiger partial charge is 0.311 e. The number of fused-ring (bicyclic) bond motifs is 10. The van der Waals surface area contributed by atoms with Gasteiger partial charge in [-0.1, -0.05) is 362 Å². The standard InChI is InChI=1S/C129H153BN4/c1-119(2,3)74-81-46-54-108-102(58-81)103-59-82(75-120(4,5)6)47-55-109(103)131(108)96-50-52-106-114(70-96)133(112-72-98(86-38-34-42-92(64-86)126(22,23)24)90(79-124(16,17)18)68-100(112)88-40-36-44-94(66-88)128(28,29)30)116-62-85(78-123(13,14)15)63-117-118(116)130(106)107-53-51-97(132-110-56-48-83(76-121(7,8)9)60-104(110)105-61-84(49-57-111(105)132)77-122(10,11)12)71-115(107)134(117)113-73-99(87-39-35-43-93(65-87)127(25,26)27)91(80-125(19,20)21)69-101(113)89-41-37-45-95(67-89)129(31,32)33/h34-73H,74-80H2,1-33H3/i78D2. The normalized spacial score (nSPS) is 14.2. The lowest BCUT2D eigenvalue weighted by molar-refractivity contribution is 0.411. The van der Waals surface area contributed by atoms with Gasteiger partial charge in [0.2, 0.25) is 0 Å². The summed E-state index contributed by atoms with van der Waals surface area (Å²) in [6.07, 6.45) is 3.46. The maximum absolute atomic E-state index is 11.3. The van der Waals surface area contributed by atoms with Crippen LogP contribution in [-0.4, -0.2) is 15.8 Å². The summed E-state index contributed by atoms with van der Waals surface area (Å²) < 4.78 is 27.8. The summed E-state index contributed by atoms with van der Waals surface area (Å²) in [6, 6.07) is 97.0. The van der Waals surface area contributed by atoms with Crippen molar-refractivity contribution in [2.75, 3.05) is 9.80 Å². The molecular formula is C129H153BN4. The topological polar surface area (TPSA) is 16.3 Å². The van der Waals surface area contributed by atoms with Crippen molar-refractivity contribution in [3.05, 3.63) is 304 Å². The third-order valence-corrected chi connectivity index (χ3v) is 27.3. The van der Waals surface area contributed by atoms with Crippen molar-refractivity contribution in [1.82, 2.24) is 9.13 Å². The Morgan fingerprint density at radius 3 is 0.769 bits per heavy atom. The van der Waals surface area contributed by atoms with Gasteiger partial charge in [0.1, 0.15) is 0 Å². The van der Waals surface area contributed by atoms with Crippen LogP contribution in [0.3, 0.4) is 0 Å². The predicted octanol–water partition coefficient (Wildman–Crippen LogP) is 34.9. The molecular weight excluding hydrogens is 1620 g/mol. The Morgan fingerprint density at radius 2 is 0.507 bits per heavy atom. The second-order valence-corrected chi connectivity index (χ2v) is 52.8. The van der Waals surface area contributed by atoms with E-state index in [1.54, 1.807) is 0 Å². The zero-order chi connectivity index (χ0) is 98.4. The highest BCUT2D eigenvalue weighted by molar-refractivity contribution is 7.00. The van der Waals surface area contributed by atoms with E-state index in [9.17, 15) is 2.74 Å². The summed E-state index contributed by atoms with van der Waals surface area (Å²) in [5, 5.41) is 5.00. The highest BCUT2D eigenvalue weighted by Crippen LogP contribution is 2.55. The van der Waals surface area contributed by atoms with Crippen molar-refractivity contribution in [3.8, 4) is 55.9 Å². The molecule has 4 heterocycles. The number of anilines is 6. The molecule has 0 fully saturated rings. The first-order chi connectivity index (χ1) is 63.0. The van der Waals surface area contributed by atoms with Gasteiger partial charge in [0.05, 0.1) is 33.4 Å². The van der Waals surface area contributed by atoms with E-state index in [1.165, 1.54) is 99.4 Å². The summed E-state index contributed by atoms with van der Waals surface area (Å²) in [7, 11) is 0. The first-order valence-electron chi connectivity index (χ1n) is 51.0. The van der Waals surface area contributed by atoms with Crippen LogP contribution in [0.15, 0.2) is 243 Å². The van der Waals surface area contributed by atoms with Gasteiger partial charge in [0.25, 0.3) is 6.71 Å². The lowest BCUT2D eigenvalue weighted by Crippen LogP contribution is -2.61. The van der Waals surface area contributed by atoms with Crippen molar-refractivity contribution in [3.63, 3.8) is 0 Å². The third kappa shape index (κ3) is 19.7. The zero-order valence-corrected chi connectivity index (χ0v) is 87.7. The molecule has 13 aromatic carbocycles. The Bertz CT molecular complexity index is 6650. The Labute approximate surface area is 809 Å². The minimum Gasteiger partial charge on any atom is -0.311 e. The molecule has 17 rings (SSSR count). The Balaban J connectivity index is 1.10. The number of hydrogen-bond donors (Lipinski definition) is 0. The monoisotopic (exact) mass is 1770 g/mol. The Morgan fingerprint density at radius 1 is 0.231 bits per heavy atom. The van der Waals surface area contributed by atoms with E-state index in [4.69, 9.17) is 0 Å². The maximum atomic E-state index is 11.3. The SMILES string of the molecule is [2H]C([2H])(c1cc2c3c(c1)N(c1cc(-c4cccc(C(C)(C)C)c4)c(CC(C)(C)C)cc1-c1cccc(C(C)(C)C)c1)c1cc(-n4c5ccc(CC(C)(C)C)cc5c5cc(CC(C)(C)C)ccc54)ccc1B3c1ccc(-n3c4ccc(CC(C)(C)C)cc4c4cc(CC(C)(C)C)ccc43)cc1N2c1cc(-c2cccc(C(C)(C)C)c2)c(CC(C)(C)C)cc1-c1cccc(C(C)(C)C)c1)C(C)(C)C. The average Bonchev–Trinajstić information content (AvgIpc) is 0.815. The lowest BCUT2D eigenvalue weighted by Gasteiger charge is -2.46. The number of nitrogens with zero attached hydrogens (tertiary/aromatic N) is 4. The number of rotatable bonds is 15. The van der Waals surface area contributed by atoms with Crippen LogP contribution in [-0.2, 0) is 66.6 Å². The van der Waals surface area contributed by atoms with E-state index in [1.807, 2.05) is 0 Å². The van der Waals surface area contributed by atoms with Gasteiger partial charge < -0.3 is 18.9 Å². The molecule has 0 radical (unpaired) electrons. The van der Waals surface area contributed by atoms with E-state index in [2.05, 4.69) is 490 Å². The molecule has 0 unspecified atom stereocenters. The van der Waals surface area contributed by atoms with Crippen molar-refractivity contribution in [2.24, 2.45) is 37.9 Å². The molecule has 0 saturated carbocycles. The quantitative estimate of drug-likeness (QED) is 0.0951. The summed E-state index contributed by atoms with van der Waals surface area (Å²) in [6.45, 7) is 76.7. The van der Waals surface area contributed by atoms with E-state index in [0.29, 0.717) is 5.56 Å². The Hall–Kier alpha value is -10.9. The van der Waals surface area contributed by atoms with Crippen LogP contribution >= 0.6 is 0 Å². The van der Waals surface area contributed by atoms with Crippen LogP contribution in [0, 0.1) is 37.9 Å². The van der Waals surface area contributed by atoms with Crippen LogP contribution < -0.4 is 26.2 Å². The molecule has 0 aliphatic carbocycles. The molecule has 4 nitrogen and oxygen atoms in total. The smallest absolute Gasteiger partial charge is 0.252 e. The fourth-order valence-corrected chi connectivity index (χ4v) is 21.6. The van der Waals surface area contributed by atoms with Gasteiger partial charge in [-0.25, -0.2) is 0 Å². The molecule has 0 atom stereocenters. The summed E-state index contributed by atoms with van der Waals surface area (Å²) in [4.78, 5) is 5.34. The highest BCUT2D eigenvalue weighted by atomic mass is 15.2. The van der Waals surface area contributed by atoms with E-state index in [-0.39, 0.29) is 54.1 Å². The van der Waals surface area contributed by atoms with Gasteiger partial charge in [0.15, 0.2) is 0 Å². The first-order valence-corrected chi connectivity index (χ1v) is 50.0. The zero-order valence-electron chi connectivity index (χ0n) is 89.7. The molecule has 692 valence electrons. The molecule has 0 amide bonds. The molecule has 15 aromatic rings. The second-order valence-electron chi connectivity index (χ2n) is 52.8. The van der Waals surface area contributed by atoms with Crippen LogP contribution in [0.5, 0.6) is 0 Å².